The van der Waals surface area contributed by atoms with E-state index in [0.29, 0.717) is 0 Å². The first kappa shape index (κ1) is 20.1. The summed E-state index contributed by atoms with van der Waals surface area (Å²) in [7, 11) is 0. The van der Waals surface area contributed by atoms with Gasteiger partial charge in [0.05, 0.1) is 0 Å². The van der Waals surface area contributed by atoms with Gasteiger partial charge in [-0.3, -0.25) is 9.59 Å². The first-order valence-electron chi connectivity index (χ1n) is 4.41. The standard InChI is InChI=1S/C6H10O3.C3H6O2.Na/c1-3-5(7)9-6(8)4-2;1-2-3(4)5;/h3-4H2,1-2H3;2H2,1H3,(H,4,5);/q;;+1/p-1. The Bertz CT molecular complexity index is 189. The molecule has 0 atom stereocenters. The van der Waals surface area contributed by atoms with Gasteiger partial charge in [-0.15, -0.1) is 0 Å². The molecule has 0 bridgehead atoms. The van der Waals surface area contributed by atoms with Crippen molar-refractivity contribution in [2.24, 2.45) is 0 Å². The number of carbonyl (C=O) groups is 3. The van der Waals surface area contributed by atoms with Crippen LogP contribution in [-0.4, -0.2) is 17.9 Å². The maximum Gasteiger partial charge on any atom is 1.00 e. The first-order chi connectivity index (χ1) is 6.47. The van der Waals surface area contributed by atoms with Crippen molar-refractivity contribution < 1.29 is 53.8 Å². The van der Waals surface area contributed by atoms with Crippen LogP contribution in [0.3, 0.4) is 0 Å². The summed E-state index contributed by atoms with van der Waals surface area (Å²) in [5, 5.41) is 9.26. The van der Waals surface area contributed by atoms with Crippen molar-refractivity contribution in [2.75, 3.05) is 0 Å². The SMILES string of the molecule is CCC(=O)OC(=O)CC.CCC(=O)[O-].[Na+]. The Morgan fingerprint density at radius 3 is 1.33 bits per heavy atom. The fraction of sp³-hybridized carbons (Fsp3) is 0.667. The second-order valence-corrected chi connectivity index (χ2v) is 2.28. The van der Waals surface area contributed by atoms with Gasteiger partial charge in [0, 0.05) is 18.8 Å². The molecule has 15 heavy (non-hydrogen) atoms. The molecule has 0 spiro atoms. The van der Waals surface area contributed by atoms with Gasteiger partial charge in [-0.05, 0) is 6.42 Å². The number of hydrogen-bond donors (Lipinski definition) is 0. The third kappa shape index (κ3) is 19.9. The first-order valence-corrected chi connectivity index (χ1v) is 4.41. The van der Waals surface area contributed by atoms with Gasteiger partial charge in [-0.2, -0.15) is 0 Å². The van der Waals surface area contributed by atoms with Gasteiger partial charge in [0.25, 0.3) is 0 Å². The normalized spacial score (nSPS) is 7.67. The van der Waals surface area contributed by atoms with Gasteiger partial charge in [0.1, 0.15) is 0 Å². The summed E-state index contributed by atoms with van der Waals surface area (Å²) in [5.41, 5.74) is 0. The number of carboxylic acids is 1. The molecule has 0 saturated carbocycles. The average Bonchev–Trinajstić information content (AvgIpc) is 2.18. The van der Waals surface area contributed by atoms with Crippen molar-refractivity contribution in [3.05, 3.63) is 0 Å². The molecule has 0 rings (SSSR count). The van der Waals surface area contributed by atoms with Crippen LogP contribution in [0.25, 0.3) is 0 Å². The second kappa shape index (κ2) is 13.6. The molecule has 0 heterocycles. The number of esters is 2. The van der Waals surface area contributed by atoms with E-state index in [1.807, 2.05) is 0 Å². The summed E-state index contributed by atoms with van der Waals surface area (Å²) >= 11 is 0. The number of rotatable bonds is 3. The Morgan fingerprint density at radius 2 is 1.20 bits per heavy atom. The summed E-state index contributed by atoms with van der Waals surface area (Å²) < 4.78 is 4.27. The summed E-state index contributed by atoms with van der Waals surface area (Å²) in [6.45, 7) is 4.83. The number of ether oxygens (including phenoxy) is 1. The zero-order valence-corrected chi connectivity index (χ0v) is 11.7. The molecule has 0 radical (unpaired) electrons. The quantitative estimate of drug-likeness (QED) is 0.291. The van der Waals surface area contributed by atoms with E-state index in [4.69, 9.17) is 0 Å². The maximum atomic E-state index is 10.3. The molecule has 0 N–H and O–H groups in total. The van der Waals surface area contributed by atoms with Crippen molar-refractivity contribution in [3.63, 3.8) is 0 Å². The zero-order valence-electron chi connectivity index (χ0n) is 9.66. The van der Waals surface area contributed by atoms with Gasteiger partial charge in [0.2, 0.25) is 0 Å². The van der Waals surface area contributed by atoms with Crippen LogP contribution in [0, 0.1) is 0 Å². The van der Waals surface area contributed by atoms with Crippen LogP contribution in [-0.2, 0) is 19.1 Å². The molecule has 0 unspecified atom stereocenters. The summed E-state index contributed by atoms with van der Waals surface area (Å²) in [6.07, 6.45) is 0.622. The number of aliphatic carboxylic acids is 1. The minimum Gasteiger partial charge on any atom is -0.550 e. The Morgan fingerprint density at radius 1 is 0.933 bits per heavy atom. The molecule has 0 aromatic carbocycles. The van der Waals surface area contributed by atoms with Crippen LogP contribution in [0.5, 0.6) is 0 Å². The molecule has 0 aliphatic heterocycles. The van der Waals surface area contributed by atoms with E-state index < -0.39 is 17.9 Å². The van der Waals surface area contributed by atoms with Crippen LogP contribution in [0.15, 0.2) is 0 Å². The largest absolute Gasteiger partial charge is 1.00 e. The molecule has 0 aromatic heterocycles. The van der Waals surface area contributed by atoms with E-state index in [1.54, 1.807) is 13.8 Å². The monoisotopic (exact) mass is 226 g/mol. The molecule has 5 nitrogen and oxygen atoms in total. The molecular formula is C9H15NaO5. The van der Waals surface area contributed by atoms with Crippen LogP contribution in [0.1, 0.15) is 40.0 Å². The van der Waals surface area contributed by atoms with Crippen LogP contribution < -0.4 is 34.7 Å². The summed E-state index contributed by atoms with van der Waals surface area (Å²) in [4.78, 5) is 29.9. The third-order valence-electron chi connectivity index (χ3n) is 1.09. The predicted octanol–water partition coefficient (Wildman–Crippen LogP) is -2.97. The van der Waals surface area contributed by atoms with Crippen molar-refractivity contribution >= 4 is 17.9 Å². The molecule has 6 heteroatoms. The fourth-order valence-corrected chi connectivity index (χ4v) is 0.271. The zero-order chi connectivity index (χ0) is 11.6. The molecule has 0 aliphatic carbocycles. The van der Waals surface area contributed by atoms with E-state index in [9.17, 15) is 19.5 Å². The van der Waals surface area contributed by atoms with Gasteiger partial charge in [-0.1, -0.05) is 20.8 Å². The smallest absolute Gasteiger partial charge is 0.550 e. The average molecular weight is 226 g/mol. The van der Waals surface area contributed by atoms with Crippen LogP contribution >= 0.6 is 0 Å². The predicted molar refractivity (Wildman–Crippen MR) is 47.0 cm³/mol. The molecule has 0 fully saturated rings. The molecule has 0 aromatic rings. The third-order valence-corrected chi connectivity index (χ3v) is 1.09. The molecule has 0 saturated heterocycles. The van der Waals surface area contributed by atoms with Crippen molar-refractivity contribution in [1.29, 1.82) is 0 Å². The number of hydrogen-bond acceptors (Lipinski definition) is 5. The number of carboxylic acid groups (broad SMARTS) is 1. The van der Waals surface area contributed by atoms with Crippen LogP contribution in [0.4, 0.5) is 0 Å². The maximum absolute atomic E-state index is 10.3. The van der Waals surface area contributed by atoms with Crippen molar-refractivity contribution in [1.82, 2.24) is 0 Å². The molecule has 0 amide bonds. The van der Waals surface area contributed by atoms with E-state index in [0.717, 1.165) is 0 Å². The minimum absolute atomic E-state index is 0. The Balaban J connectivity index is -0.000000208. The van der Waals surface area contributed by atoms with Crippen molar-refractivity contribution in [3.8, 4) is 0 Å². The molecule has 82 valence electrons. The van der Waals surface area contributed by atoms with E-state index in [-0.39, 0.29) is 48.8 Å². The fourth-order valence-electron chi connectivity index (χ4n) is 0.271. The van der Waals surface area contributed by atoms with E-state index in [2.05, 4.69) is 4.74 Å². The van der Waals surface area contributed by atoms with Gasteiger partial charge in [-0.25, -0.2) is 0 Å². The Hall–Kier alpha value is -0.390. The van der Waals surface area contributed by atoms with Gasteiger partial charge >= 0.3 is 41.5 Å². The summed E-state index contributed by atoms with van der Waals surface area (Å²) in [5.74, 6) is -1.91. The Labute approximate surface area is 111 Å². The summed E-state index contributed by atoms with van der Waals surface area (Å²) in [6, 6.07) is 0. The topological polar surface area (TPSA) is 83.5 Å². The van der Waals surface area contributed by atoms with Gasteiger partial charge < -0.3 is 14.6 Å². The molecule has 0 aliphatic rings. The second-order valence-electron chi connectivity index (χ2n) is 2.28. The van der Waals surface area contributed by atoms with E-state index >= 15 is 0 Å². The molecular weight excluding hydrogens is 211 g/mol. The van der Waals surface area contributed by atoms with Crippen molar-refractivity contribution in [2.45, 2.75) is 40.0 Å². The van der Waals surface area contributed by atoms with Crippen LogP contribution in [0.2, 0.25) is 0 Å². The number of carbonyl (C=O) groups excluding carboxylic acids is 3. The van der Waals surface area contributed by atoms with Gasteiger partial charge in [0.15, 0.2) is 0 Å². The minimum atomic E-state index is -0.995. The van der Waals surface area contributed by atoms with E-state index in [1.165, 1.54) is 6.92 Å². The Kier molecular flexibility index (Phi) is 18.2.